The van der Waals surface area contributed by atoms with E-state index in [0.29, 0.717) is 41.8 Å². The van der Waals surface area contributed by atoms with Crippen LogP contribution < -0.4 is 9.64 Å². The third-order valence-electron chi connectivity index (χ3n) is 11.7. The molecule has 5 nitrogen and oxygen atoms in total. The Labute approximate surface area is 350 Å². The maximum absolute atomic E-state index is 6.87. The van der Waals surface area contributed by atoms with Crippen LogP contribution in [0, 0.1) is 25.0 Å². The topological polar surface area (TPSA) is 47.0 Å². The zero-order chi connectivity index (χ0) is 39.6. The van der Waals surface area contributed by atoms with E-state index in [1.165, 1.54) is 33.4 Å². The molecule has 4 aromatic carbocycles. The van der Waals surface area contributed by atoms with Gasteiger partial charge in [0.1, 0.15) is 18.3 Å². The van der Waals surface area contributed by atoms with E-state index in [1.54, 1.807) is 0 Å². The second-order valence-electron chi connectivity index (χ2n) is 18.3. The van der Waals surface area contributed by atoms with Crippen molar-refractivity contribution >= 4 is 23.1 Å². The van der Waals surface area contributed by atoms with Crippen molar-refractivity contribution in [3.8, 4) is 22.6 Å². The van der Waals surface area contributed by atoms with Crippen molar-refractivity contribution in [1.29, 1.82) is 0 Å². The number of hydrogen-bond acceptors (Lipinski definition) is 5. The van der Waals surface area contributed by atoms with Crippen LogP contribution in [0.1, 0.15) is 134 Å². The van der Waals surface area contributed by atoms with Gasteiger partial charge in [-0.1, -0.05) is 148 Å². The largest absolute Gasteiger partial charge is 2.00 e. The second-order valence-corrected chi connectivity index (χ2v) is 18.3. The molecule has 0 unspecified atom stereocenters. The average molecular weight is 927 g/mol. The number of fused-ring (bicyclic) bond motifs is 2. The fourth-order valence-corrected chi connectivity index (χ4v) is 7.91. The van der Waals surface area contributed by atoms with Gasteiger partial charge in [-0.05, 0) is 70.0 Å². The van der Waals surface area contributed by atoms with Crippen molar-refractivity contribution in [2.45, 2.75) is 118 Å². The molecule has 7 rings (SSSR count). The van der Waals surface area contributed by atoms with Gasteiger partial charge in [0.15, 0.2) is 0 Å². The molecule has 0 fully saturated rings. The van der Waals surface area contributed by atoms with Crippen LogP contribution in [-0.4, -0.2) is 23.0 Å². The minimum absolute atomic E-state index is 0. The predicted octanol–water partition coefficient (Wildman–Crippen LogP) is 13.3. The van der Waals surface area contributed by atoms with Crippen molar-refractivity contribution in [3.63, 3.8) is 0 Å². The molecule has 6 heteroatoms. The Bertz CT molecular complexity index is 2270. The Kier molecular flexibility index (Phi) is 11.3. The zero-order valence-corrected chi connectivity index (χ0v) is 37.7. The molecule has 56 heavy (non-hydrogen) atoms. The van der Waals surface area contributed by atoms with E-state index >= 15 is 0 Å². The van der Waals surface area contributed by atoms with Crippen LogP contribution in [0.25, 0.3) is 11.1 Å². The molecule has 0 radical (unpaired) electrons. The molecule has 0 amide bonds. The van der Waals surface area contributed by atoms with Crippen molar-refractivity contribution in [2.24, 2.45) is 10.9 Å². The fraction of sp³-hybridized carbons (Fsp3) is 0.400. The number of anilines is 3. The zero-order valence-electron chi connectivity index (χ0n) is 35.4. The fourth-order valence-electron chi connectivity index (χ4n) is 7.91. The smallest absolute Gasteiger partial charge is 0.518 e. The number of ether oxygens (including phenoxy) is 2. The maximum Gasteiger partial charge on any atom is 2.00 e. The first-order valence-corrected chi connectivity index (χ1v) is 19.9. The van der Waals surface area contributed by atoms with Gasteiger partial charge in [-0.3, -0.25) is 4.99 Å². The Hall–Kier alpha value is -4.21. The van der Waals surface area contributed by atoms with Crippen LogP contribution >= 0.6 is 0 Å². The molecule has 1 atom stereocenters. The van der Waals surface area contributed by atoms with Crippen molar-refractivity contribution < 1.29 is 30.5 Å². The van der Waals surface area contributed by atoms with Crippen LogP contribution in [0.15, 0.2) is 84.0 Å². The summed E-state index contributed by atoms with van der Waals surface area (Å²) < 4.78 is 13.2. The molecule has 0 bridgehead atoms. The normalized spacial score (nSPS) is 17.4. The molecular formula is C50H57N3O2Pt. The summed E-state index contributed by atoms with van der Waals surface area (Å²) in [6.45, 7) is 29.6. The summed E-state index contributed by atoms with van der Waals surface area (Å²) in [6, 6.07) is 33.6. The van der Waals surface area contributed by atoms with E-state index in [1.807, 2.05) is 18.3 Å². The summed E-state index contributed by atoms with van der Waals surface area (Å²) >= 11 is 0. The molecule has 2 aliphatic rings. The summed E-state index contributed by atoms with van der Waals surface area (Å²) in [5.74, 6) is 3.69. The first-order chi connectivity index (χ1) is 25.9. The van der Waals surface area contributed by atoms with Gasteiger partial charge in [0, 0.05) is 34.4 Å². The number of hydrogen-bond donors (Lipinski definition) is 0. The Morgan fingerprint density at radius 2 is 1.48 bits per heavy atom. The number of rotatable bonds is 8. The first-order valence-electron chi connectivity index (χ1n) is 19.9. The van der Waals surface area contributed by atoms with Gasteiger partial charge in [-0.25, -0.2) is 4.98 Å². The SMILES string of the molecule is Cc1cc(Oc2[c-]c(C3=N[C@](C)(C(C)C)CO3)cc(-c3c(C(C)C)cccc3C(C)C)c2)[c-]c(N2c3ccc(C(C)(C)C)cc3C(C)(C)c3cccnc32)c1.[Pt+2]. The Balaban J connectivity index is 0.00000532. The summed E-state index contributed by atoms with van der Waals surface area (Å²) in [4.78, 5) is 12.4. The molecule has 0 aliphatic carbocycles. The Morgan fingerprint density at radius 1 is 0.804 bits per heavy atom. The molecule has 1 aromatic heterocycles. The molecule has 2 aliphatic heterocycles. The van der Waals surface area contributed by atoms with Gasteiger partial charge < -0.3 is 14.4 Å². The minimum atomic E-state index is -0.310. The van der Waals surface area contributed by atoms with Crippen LogP contribution in [0.2, 0.25) is 0 Å². The van der Waals surface area contributed by atoms with E-state index in [9.17, 15) is 0 Å². The molecule has 3 heterocycles. The van der Waals surface area contributed by atoms with Crippen LogP contribution in [0.4, 0.5) is 17.2 Å². The molecular weight excluding hydrogens is 870 g/mol. The van der Waals surface area contributed by atoms with Crippen LogP contribution in [-0.2, 0) is 36.6 Å². The summed E-state index contributed by atoms with van der Waals surface area (Å²) in [7, 11) is 0. The molecule has 5 aromatic rings. The summed E-state index contributed by atoms with van der Waals surface area (Å²) in [5.41, 5.74) is 11.9. The van der Waals surface area contributed by atoms with E-state index in [-0.39, 0.29) is 37.4 Å². The predicted molar refractivity (Wildman–Crippen MR) is 228 cm³/mol. The first kappa shape index (κ1) is 41.4. The van der Waals surface area contributed by atoms with Crippen molar-refractivity contribution in [2.75, 3.05) is 11.5 Å². The van der Waals surface area contributed by atoms with Crippen molar-refractivity contribution in [1.82, 2.24) is 4.98 Å². The van der Waals surface area contributed by atoms with Gasteiger partial charge >= 0.3 is 21.1 Å². The second kappa shape index (κ2) is 15.3. The number of aryl methyl sites for hydroxylation is 1. The average Bonchev–Trinajstić information content (AvgIpc) is 3.54. The van der Waals surface area contributed by atoms with Gasteiger partial charge in [-0.2, -0.15) is 5.56 Å². The van der Waals surface area contributed by atoms with Gasteiger partial charge in [0.2, 0.25) is 0 Å². The van der Waals surface area contributed by atoms with Crippen LogP contribution in [0.5, 0.6) is 11.5 Å². The van der Waals surface area contributed by atoms with E-state index < -0.39 is 0 Å². The molecule has 0 saturated carbocycles. The molecule has 0 saturated heterocycles. The van der Waals surface area contributed by atoms with Gasteiger partial charge in [0.05, 0.1) is 5.54 Å². The summed E-state index contributed by atoms with van der Waals surface area (Å²) in [6.07, 6.45) is 1.88. The monoisotopic (exact) mass is 926 g/mol. The maximum atomic E-state index is 6.87. The number of aliphatic imine (C=N–C) groups is 1. The van der Waals surface area contributed by atoms with Crippen molar-refractivity contribution in [3.05, 3.63) is 130 Å². The number of pyridine rings is 1. The minimum Gasteiger partial charge on any atom is -0.518 e. The Morgan fingerprint density at radius 3 is 2.11 bits per heavy atom. The number of benzene rings is 4. The number of nitrogens with zero attached hydrogens (tertiary/aromatic N) is 3. The van der Waals surface area contributed by atoms with Gasteiger partial charge in [0.25, 0.3) is 0 Å². The third-order valence-corrected chi connectivity index (χ3v) is 11.7. The van der Waals surface area contributed by atoms with E-state index in [4.69, 9.17) is 19.5 Å². The molecule has 294 valence electrons. The number of aromatic nitrogens is 1. The standard InChI is InChI=1S/C50H57N3O2.Pt/c1-30(2)40-16-14-17-41(31(3)4)45(40)34-24-35(47-52-50(13,29-54-47)32(5)6)26-39(25-34)55-38-23-33(7)22-37(28-38)53-44-20-19-36(48(8,9)10)27-43(44)49(11,12)42-18-15-21-51-46(42)53;/h14-25,27,30-32H,29H2,1-13H3;/q-2;+2/t50-;/m0./s1. The van der Waals surface area contributed by atoms with E-state index in [2.05, 4.69) is 168 Å². The summed E-state index contributed by atoms with van der Waals surface area (Å²) in [5, 5.41) is 0. The quantitative estimate of drug-likeness (QED) is 0.146. The molecule has 0 N–H and O–H groups in total. The molecule has 0 spiro atoms. The van der Waals surface area contributed by atoms with Gasteiger partial charge in [-0.15, -0.1) is 24.3 Å². The third kappa shape index (κ3) is 7.61. The van der Waals surface area contributed by atoms with E-state index in [0.717, 1.165) is 33.9 Å². The van der Waals surface area contributed by atoms with Crippen LogP contribution in [0.3, 0.4) is 0 Å².